The Balaban J connectivity index is 3.06. The number of rotatable bonds is 2. The molecular formula is C11H16InN. The van der Waals surface area contributed by atoms with Gasteiger partial charge in [0.05, 0.1) is 0 Å². The van der Waals surface area contributed by atoms with Gasteiger partial charge in [0.15, 0.2) is 0 Å². The predicted octanol–water partition coefficient (Wildman–Crippen LogP) is 2.61. The molecule has 1 aromatic heterocycles. The molecule has 0 fully saturated rings. The molecule has 1 aromatic rings. The van der Waals surface area contributed by atoms with Crippen LogP contribution in [0.1, 0.15) is 44.7 Å². The van der Waals surface area contributed by atoms with Crippen molar-refractivity contribution in [3.8, 4) is 0 Å². The van der Waals surface area contributed by atoms with Crippen LogP contribution >= 0.6 is 0 Å². The first-order chi connectivity index (χ1) is 5.91. The number of hydrogen-bond donors (Lipinski definition) is 0. The molecule has 0 saturated carbocycles. The fraction of sp³-hybridized carbons (Fsp3) is 0.545. The van der Waals surface area contributed by atoms with Crippen molar-refractivity contribution in [3.63, 3.8) is 0 Å². The molecule has 0 atom stereocenters. The van der Waals surface area contributed by atoms with Crippen molar-refractivity contribution in [2.24, 2.45) is 0 Å². The Morgan fingerprint density at radius 3 is 2.38 bits per heavy atom. The van der Waals surface area contributed by atoms with Crippen LogP contribution in [0, 0.1) is 0 Å². The van der Waals surface area contributed by atoms with Gasteiger partial charge < -0.3 is 0 Å². The van der Waals surface area contributed by atoms with Crippen LogP contribution in [0.25, 0.3) is 0 Å². The van der Waals surface area contributed by atoms with E-state index in [2.05, 4.69) is 38.7 Å². The average Bonchev–Trinajstić information content (AvgIpc) is 2.03. The summed E-state index contributed by atoms with van der Waals surface area (Å²) >= 11 is 1.24. The minimum absolute atomic E-state index is 0.336. The molecule has 13 heavy (non-hydrogen) atoms. The maximum atomic E-state index is 4.29. The molecule has 2 heteroatoms. The van der Waals surface area contributed by atoms with Gasteiger partial charge in [-0.05, 0) is 0 Å². The first-order valence-electron chi connectivity index (χ1n) is 4.65. The van der Waals surface area contributed by atoms with Crippen molar-refractivity contribution in [2.45, 2.75) is 36.8 Å². The van der Waals surface area contributed by atoms with Crippen LogP contribution in [0.3, 0.4) is 0 Å². The van der Waals surface area contributed by atoms with Gasteiger partial charge in [0, 0.05) is 0 Å². The van der Waals surface area contributed by atoms with E-state index in [1.807, 2.05) is 12.4 Å². The summed E-state index contributed by atoms with van der Waals surface area (Å²) in [7, 11) is 0. The van der Waals surface area contributed by atoms with Gasteiger partial charge in [-0.3, -0.25) is 0 Å². The van der Waals surface area contributed by atoms with Gasteiger partial charge in [0.25, 0.3) is 0 Å². The summed E-state index contributed by atoms with van der Waals surface area (Å²) in [5.41, 5.74) is 2.72. The zero-order chi connectivity index (χ0) is 10.1. The summed E-state index contributed by atoms with van der Waals surface area (Å²) in [5.74, 6) is 0.579. The normalized spacial score (nSPS) is 12.1. The van der Waals surface area contributed by atoms with Crippen LogP contribution in [0.15, 0.2) is 18.5 Å². The molecule has 0 aliphatic rings. The topological polar surface area (TPSA) is 12.9 Å². The number of nitrogens with zero attached hydrogens (tertiary/aromatic N) is 1. The van der Waals surface area contributed by atoms with Crippen LogP contribution in [0.2, 0.25) is 0 Å². The first-order valence-corrected chi connectivity index (χ1v) is 6.30. The third-order valence-corrected chi connectivity index (χ3v) is 3.12. The fourth-order valence-corrected chi connectivity index (χ4v) is 1.58. The van der Waals surface area contributed by atoms with E-state index in [9.17, 15) is 0 Å². The van der Waals surface area contributed by atoms with Gasteiger partial charge >= 0.3 is 95.7 Å². The molecule has 1 rings (SSSR count). The minimum atomic E-state index is 0.336. The van der Waals surface area contributed by atoms with Gasteiger partial charge in [0.1, 0.15) is 0 Å². The summed E-state index contributed by atoms with van der Waals surface area (Å²) in [6.45, 7) is 8.97. The van der Waals surface area contributed by atoms with Gasteiger partial charge in [-0.2, -0.15) is 0 Å². The number of hydrogen-bond acceptors (Lipinski definition) is 1. The molecule has 1 nitrogen and oxygen atoms in total. The third-order valence-electron chi connectivity index (χ3n) is 2.17. The number of pyridine rings is 1. The molecule has 0 aromatic carbocycles. The molecule has 0 spiro atoms. The van der Waals surface area contributed by atoms with E-state index in [1.165, 1.54) is 35.5 Å². The molecule has 0 bridgehead atoms. The van der Waals surface area contributed by atoms with Crippen molar-refractivity contribution in [1.29, 1.82) is 0 Å². The van der Waals surface area contributed by atoms with Crippen LogP contribution in [0.4, 0.5) is 0 Å². The van der Waals surface area contributed by atoms with Gasteiger partial charge in [-0.25, -0.2) is 0 Å². The quantitative estimate of drug-likeness (QED) is 0.809. The molecule has 0 saturated heterocycles. The van der Waals surface area contributed by atoms with E-state index in [0.29, 0.717) is 9.09 Å². The second-order valence-corrected chi connectivity index (χ2v) is 8.50. The van der Waals surface area contributed by atoms with Crippen LogP contribution in [-0.4, -0.2) is 29.4 Å². The molecule has 0 N–H and O–H groups in total. The Hall–Kier alpha value is 0.0201. The standard InChI is InChI=1S/C11H16N.In/c1-8(2)10-5-11(9(3)4)7-12-6-10;/h5-8H,1-4H3;. The van der Waals surface area contributed by atoms with Crippen LogP contribution in [-0.2, 0) is 3.17 Å². The maximum absolute atomic E-state index is 4.29. The zero-order valence-corrected chi connectivity index (χ0v) is 12.1. The molecule has 0 unspecified atom stereocenters. The first kappa shape index (κ1) is 11.1. The van der Waals surface area contributed by atoms with Crippen molar-refractivity contribution in [2.75, 3.05) is 0 Å². The monoisotopic (exact) mass is 277 g/mol. The van der Waals surface area contributed by atoms with Gasteiger partial charge in [-0.1, -0.05) is 0 Å². The van der Waals surface area contributed by atoms with Crippen LogP contribution < -0.4 is 0 Å². The molecule has 68 valence electrons. The van der Waals surface area contributed by atoms with Crippen LogP contribution in [0.5, 0.6) is 0 Å². The summed E-state index contributed by atoms with van der Waals surface area (Å²) < 4.78 is 0.336. The second-order valence-electron chi connectivity index (χ2n) is 4.38. The molecule has 0 amide bonds. The van der Waals surface area contributed by atoms with Crippen molar-refractivity contribution < 1.29 is 0 Å². The fourth-order valence-electron chi connectivity index (χ4n) is 1.13. The molecular weight excluding hydrogens is 261 g/mol. The van der Waals surface area contributed by atoms with E-state index in [4.69, 9.17) is 0 Å². The van der Waals surface area contributed by atoms with Crippen molar-refractivity contribution in [3.05, 3.63) is 29.6 Å². The van der Waals surface area contributed by atoms with E-state index in [0.717, 1.165) is 0 Å². The molecule has 1 heterocycles. The Kier molecular flexibility index (Phi) is 3.44. The summed E-state index contributed by atoms with van der Waals surface area (Å²) in [4.78, 5) is 4.29. The molecule has 0 aliphatic heterocycles. The summed E-state index contributed by atoms with van der Waals surface area (Å²) in [6.07, 6.45) is 3.97. The molecule has 2 radical (unpaired) electrons. The summed E-state index contributed by atoms with van der Waals surface area (Å²) in [6, 6.07) is 2.29. The van der Waals surface area contributed by atoms with E-state index < -0.39 is 0 Å². The van der Waals surface area contributed by atoms with E-state index >= 15 is 0 Å². The Morgan fingerprint density at radius 1 is 1.31 bits per heavy atom. The van der Waals surface area contributed by atoms with Gasteiger partial charge in [-0.15, -0.1) is 0 Å². The number of aromatic nitrogens is 1. The average molecular weight is 277 g/mol. The Morgan fingerprint density at radius 2 is 1.92 bits per heavy atom. The van der Waals surface area contributed by atoms with Crippen molar-refractivity contribution >= 4 is 24.4 Å². The predicted molar refractivity (Wildman–Crippen MR) is 57.1 cm³/mol. The Labute approximate surface area is 95.5 Å². The molecule has 0 aliphatic carbocycles. The summed E-state index contributed by atoms with van der Waals surface area (Å²) in [5, 5.41) is 0. The Bertz CT molecular complexity index is 286. The second kappa shape index (κ2) is 4.04. The third kappa shape index (κ3) is 3.01. The van der Waals surface area contributed by atoms with Gasteiger partial charge in [0.2, 0.25) is 0 Å². The van der Waals surface area contributed by atoms with Crippen molar-refractivity contribution in [1.82, 2.24) is 4.98 Å². The SMILES string of the molecule is CC(C)c1cncc([C](C)(C)[In])c1. The van der Waals surface area contributed by atoms with E-state index in [1.54, 1.807) is 0 Å². The zero-order valence-electron chi connectivity index (χ0n) is 8.83. The van der Waals surface area contributed by atoms with E-state index in [-0.39, 0.29) is 0 Å².